The van der Waals surface area contributed by atoms with E-state index in [1.54, 1.807) is 13.3 Å². The van der Waals surface area contributed by atoms with Crippen molar-refractivity contribution in [3.8, 4) is 11.4 Å². The summed E-state index contributed by atoms with van der Waals surface area (Å²) in [7, 11) is 1.65. The SMILES string of the molecule is CCN(CC)C(=O)C(Sc1nccn1-c1cccc(OC)c1)c1ccccc1. The van der Waals surface area contributed by atoms with Gasteiger partial charge in [0.1, 0.15) is 11.0 Å². The highest BCUT2D eigenvalue weighted by Gasteiger charge is 2.27. The maximum atomic E-state index is 13.2. The molecular formula is C22H25N3O2S. The van der Waals surface area contributed by atoms with E-state index in [1.165, 1.54) is 11.8 Å². The van der Waals surface area contributed by atoms with E-state index in [4.69, 9.17) is 4.74 Å². The maximum absolute atomic E-state index is 13.2. The van der Waals surface area contributed by atoms with Crippen LogP contribution in [0.4, 0.5) is 0 Å². The van der Waals surface area contributed by atoms with E-state index < -0.39 is 0 Å². The number of hydrogen-bond donors (Lipinski definition) is 0. The molecule has 146 valence electrons. The van der Waals surface area contributed by atoms with Crippen molar-refractivity contribution < 1.29 is 9.53 Å². The first-order valence-electron chi connectivity index (χ1n) is 9.36. The number of rotatable bonds is 8. The van der Waals surface area contributed by atoms with Crippen molar-refractivity contribution in [2.45, 2.75) is 24.3 Å². The Morgan fingerprint density at radius 2 is 1.89 bits per heavy atom. The number of hydrogen-bond acceptors (Lipinski definition) is 4. The fourth-order valence-corrected chi connectivity index (χ4v) is 4.18. The third-order valence-electron chi connectivity index (χ3n) is 4.56. The predicted molar refractivity (Wildman–Crippen MR) is 113 cm³/mol. The number of amides is 1. The number of likely N-dealkylation sites (N-methyl/N-ethyl adjacent to an activating group) is 1. The van der Waals surface area contributed by atoms with E-state index in [1.807, 2.05) is 84.1 Å². The summed E-state index contributed by atoms with van der Waals surface area (Å²) < 4.78 is 7.33. The smallest absolute Gasteiger partial charge is 0.240 e. The summed E-state index contributed by atoms with van der Waals surface area (Å²) in [6.07, 6.45) is 3.66. The standard InChI is InChI=1S/C22H25N3O2S/c1-4-24(5-2)21(26)20(17-10-7-6-8-11-17)28-22-23-14-15-25(22)18-12-9-13-19(16-18)27-3/h6-16,20H,4-5H2,1-3H3. The van der Waals surface area contributed by atoms with Gasteiger partial charge in [-0.15, -0.1) is 0 Å². The molecule has 0 spiro atoms. The number of nitrogens with zero attached hydrogens (tertiary/aromatic N) is 3. The van der Waals surface area contributed by atoms with Gasteiger partial charge in [-0.3, -0.25) is 9.36 Å². The first kappa shape index (κ1) is 20.0. The minimum atomic E-state index is -0.354. The van der Waals surface area contributed by atoms with Gasteiger partial charge in [-0.05, 0) is 31.5 Å². The van der Waals surface area contributed by atoms with E-state index in [9.17, 15) is 4.79 Å². The van der Waals surface area contributed by atoms with Crippen LogP contribution in [0.3, 0.4) is 0 Å². The van der Waals surface area contributed by atoms with Crippen LogP contribution in [0.2, 0.25) is 0 Å². The Labute approximate surface area is 170 Å². The Hall–Kier alpha value is -2.73. The molecule has 0 radical (unpaired) electrons. The number of benzene rings is 2. The number of imidazole rings is 1. The molecule has 0 fully saturated rings. The zero-order chi connectivity index (χ0) is 19.9. The van der Waals surface area contributed by atoms with Crippen molar-refractivity contribution in [1.29, 1.82) is 0 Å². The van der Waals surface area contributed by atoms with Crippen LogP contribution in [0.25, 0.3) is 5.69 Å². The zero-order valence-corrected chi connectivity index (χ0v) is 17.2. The lowest BCUT2D eigenvalue weighted by molar-refractivity contribution is -0.130. The molecule has 6 heteroatoms. The van der Waals surface area contributed by atoms with Gasteiger partial charge >= 0.3 is 0 Å². The molecule has 1 amide bonds. The zero-order valence-electron chi connectivity index (χ0n) is 16.4. The van der Waals surface area contributed by atoms with Crippen molar-refractivity contribution in [1.82, 2.24) is 14.5 Å². The van der Waals surface area contributed by atoms with E-state index >= 15 is 0 Å². The summed E-state index contributed by atoms with van der Waals surface area (Å²) in [5, 5.41) is 0.412. The highest BCUT2D eigenvalue weighted by molar-refractivity contribution is 8.00. The average molecular weight is 396 g/mol. The molecule has 0 aliphatic carbocycles. The van der Waals surface area contributed by atoms with Crippen LogP contribution in [-0.4, -0.2) is 40.6 Å². The van der Waals surface area contributed by atoms with Gasteiger partial charge in [0.2, 0.25) is 5.91 Å². The van der Waals surface area contributed by atoms with Crippen LogP contribution in [0.15, 0.2) is 72.1 Å². The number of methoxy groups -OCH3 is 1. The summed E-state index contributed by atoms with van der Waals surface area (Å²) >= 11 is 1.47. The second-order valence-corrected chi connectivity index (χ2v) is 7.27. The van der Waals surface area contributed by atoms with Gasteiger partial charge in [0.15, 0.2) is 5.16 Å². The van der Waals surface area contributed by atoms with Crippen molar-refractivity contribution in [3.63, 3.8) is 0 Å². The summed E-state index contributed by atoms with van der Waals surface area (Å²) in [4.78, 5) is 19.6. The Bertz CT molecular complexity index is 907. The first-order chi connectivity index (χ1) is 13.7. The topological polar surface area (TPSA) is 47.4 Å². The molecule has 28 heavy (non-hydrogen) atoms. The Morgan fingerprint density at radius 3 is 2.57 bits per heavy atom. The number of carbonyl (C=O) groups excluding carboxylic acids is 1. The third kappa shape index (κ3) is 4.39. The quantitative estimate of drug-likeness (QED) is 0.524. The lowest BCUT2D eigenvalue weighted by Gasteiger charge is -2.25. The molecule has 0 aliphatic rings. The van der Waals surface area contributed by atoms with Gasteiger partial charge < -0.3 is 9.64 Å². The number of carbonyl (C=O) groups is 1. The fourth-order valence-electron chi connectivity index (χ4n) is 3.03. The van der Waals surface area contributed by atoms with E-state index in [2.05, 4.69) is 4.98 Å². The van der Waals surface area contributed by atoms with Crippen LogP contribution in [0.1, 0.15) is 24.7 Å². The third-order valence-corrected chi connectivity index (χ3v) is 5.79. The van der Waals surface area contributed by atoms with Crippen LogP contribution >= 0.6 is 11.8 Å². The summed E-state index contributed by atoms with van der Waals surface area (Å²) in [5.74, 6) is 0.877. The van der Waals surface area contributed by atoms with Crippen LogP contribution < -0.4 is 4.74 Å². The van der Waals surface area contributed by atoms with Gasteiger partial charge in [-0.1, -0.05) is 48.2 Å². The van der Waals surface area contributed by atoms with Crippen molar-refractivity contribution in [2.24, 2.45) is 0 Å². The molecule has 0 N–H and O–H groups in total. The molecule has 1 atom stereocenters. The fraction of sp³-hybridized carbons (Fsp3) is 0.273. The lowest BCUT2D eigenvalue weighted by Crippen LogP contribution is -2.34. The Balaban J connectivity index is 1.96. The molecule has 1 heterocycles. The van der Waals surface area contributed by atoms with E-state index in [0.29, 0.717) is 13.1 Å². The molecule has 0 saturated carbocycles. The predicted octanol–water partition coefficient (Wildman–Crippen LogP) is 4.58. The van der Waals surface area contributed by atoms with Crippen LogP contribution in [0, 0.1) is 0 Å². The van der Waals surface area contributed by atoms with Gasteiger partial charge in [0.25, 0.3) is 0 Å². The molecule has 3 aromatic rings. The normalized spacial score (nSPS) is 11.8. The summed E-state index contributed by atoms with van der Waals surface area (Å²) in [5.41, 5.74) is 1.92. The Morgan fingerprint density at radius 1 is 1.14 bits per heavy atom. The number of thioether (sulfide) groups is 1. The molecule has 1 aromatic heterocycles. The molecule has 1 unspecified atom stereocenters. The monoisotopic (exact) mass is 395 g/mol. The molecule has 0 aliphatic heterocycles. The van der Waals surface area contributed by atoms with Gasteiger partial charge in [-0.2, -0.15) is 0 Å². The summed E-state index contributed by atoms with van der Waals surface area (Å²) in [6.45, 7) is 5.38. The van der Waals surface area contributed by atoms with Gasteiger partial charge in [0, 0.05) is 31.5 Å². The van der Waals surface area contributed by atoms with Crippen molar-refractivity contribution in [2.75, 3.05) is 20.2 Å². The van der Waals surface area contributed by atoms with Crippen molar-refractivity contribution >= 4 is 17.7 Å². The highest BCUT2D eigenvalue weighted by atomic mass is 32.2. The number of ether oxygens (including phenoxy) is 1. The van der Waals surface area contributed by atoms with E-state index in [-0.39, 0.29) is 11.2 Å². The largest absolute Gasteiger partial charge is 0.497 e. The van der Waals surface area contributed by atoms with Gasteiger partial charge in [-0.25, -0.2) is 4.98 Å². The average Bonchev–Trinajstić information content (AvgIpc) is 3.21. The molecular weight excluding hydrogens is 370 g/mol. The highest BCUT2D eigenvalue weighted by Crippen LogP contribution is 2.37. The minimum absolute atomic E-state index is 0.0985. The second-order valence-electron chi connectivity index (χ2n) is 6.20. The first-order valence-corrected chi connectivity index (χ1v) is 10.2. The minimum Gasteiger partial charge on any atom is -0.497 e. The van der Waals surface area contributed by atoms with Crippen molar-refractivity contribution in [3.05, 3.63) is 72.6 Å². The summed E-state index contributed by atoms with van der Waals surface area (Å²) in [6, 6.07) is 17.7. The molecule has 5 nitrogen and oxygen atoms in total. The molecule has 0 saturated heterocycles. The molecule has 2 aromatic carbocycles. The van der Waals surface area contributed by atoms with Gasteiger partial charge in [0.05, 0.1) is 12.8 Å². The van der Waals surface area contributed by atoms with Crippen LogP contribution in [0.5, 0.6) is 5.75 Å². The lowest BCUT2D eigenvalue weighted by atomic mass is 10.1. The Kier molecular flexibility index (Phi) is 6.76. The molecule has 3 rings (SSSR count). The maximum Gasteiger partial charge on any atom is 0.240 e. The second kappa shape index (κ2) is 9.46. The number of aromatic nitrogens is 2. The van der Waals surface area contributed by atoms with Crippen LogP contribution in [-0.2, 0) is 4.79 Å². The molecule has 0 bridgehead atoms. The van der Waals surface area contributed by atoms with E-state index in [0.717, 1.165) is 22.2 Å².